The molecule has 1 aromatic heterocycles. The smallest absolute Gasteiger partial charge is 0.0692 e. The third-order valence-electron chi connectivity index (χ3n) is 2.50. The van der Waals surface area contributed by atoms with E-state index in [1.165, 1.54) is 0 Å². The Kier molecular flexibility index (Phi) is 5.55. The fraction of sp³-hybridized carbons (Fsp3) is 0.462. The maximum Gasteiger partial charge on any atom is 0.0692 e. The lowest BCUT2D eigenvalue weighted by Gasteiger charge is -2.21. The van der Waals surface area contributed by atoms with E-state index >= 15 is 0 Å². The summed E-state index contributed by atoms with van der Waals surface area (Å²) >= 11 is 0. The molecule has 0 spiro atoms. The average molecular weight is 217 g/mol. The molecule has 0 aliphatic rings. The Morgan fingerprint density at radius 2 is 2.44 bits per heavy atom. The summed E-state index contributed by atoms with van der Waals surface area (Å²) in [4.78, 5) is 4.09. The SMILES string of the molecule is C#CC(CCC)NC(CN)c1cccnc1. The lowest BCUT2D eigenvalue weighted by Crippen LogP contribution is -2.35. The zero-order valence-electron chi connectivity index (χ0n) is 9.69. The van der Waals surface area contributed by atoms with E-state index in [0.717, 1.165) is 18.4 Å². The minimum Gasteiger partial charge on any atom is -0.329 e. The summed E-state index contributed by atoms with van der Waals surface area (Å²) in [7, 11) is 0. The van der Waals surface area contributed by atoms with Gasteiger partial charge in [-0.3, -0.25) is 10.3 Å². The molecule has 16 heavy (non-hydrogen) atoms. The Balaban J connectivity index is 2.65. The predicted octanol–water partition coefficient (Wildman–Crippen LogP) is 1.47. The van der Waals surface area contributed by atoms with Crippen molar-refractivity contribution in [3.63, 3.8) is 0 Å². The van der Waals surface area contributed by atoms with Crippen LogP contribution in [0.1, 0.15) is 31.4 Å². The number of hydrogen-bond donors (Lipinski definition) is 2. The molecular weight excluding hydrogens is 198 g/mol. The average Bonchev–Trinajstić information content (AvgIpc) is 2.35. The Labute approximate surface area is 97.5 Å². The van der Waals surface area contributed by atoms with Gasteiger partial charge in [-0.25, -0.2) is 0 Å². The van der Waals surface area contributed by atoms with Gasteiger partial charge in [0.15, 0.2) is 0 Å². The number of hydrogen-bond acceptors (Lipinski definition) is 3. The molecule has 1 heterocycles. The van der Waals surface area contributed by atoms with Crippen LogP contribution in [0, 0.1) is 12.3 Å². The number of rotatable bonds is 6. The minimum atomic E-state index is 0.0822. The first kappa shape index (κ1) is 12.7. The van der Waals surface area contributed by atoms with Gasteiger partial charge in [0.1, 0.15) is 0 Å². The van der Waals surface area contributed by atoms with Gasteiger partial charge >= 0.3 is 0 Å². The second-order valence-electron chi connectivity index (χ2n) is 3.75. The Morgan fingerprint density at radius 1 is 1.62 bits per heavy atom. The second kappa shape index (κ2) is 7.00. The fourth-order valence-electron chi connectivity index (χ4n) is 1.63. The molecule has 0 amide bonds. The zero-order chi connectivity index (χ0) is 11.8. The van der Waals surface area contributed by atoms with Crippen molar-refractivity contribution >= 4 is 0 Å². The molecule has 3 heteroatoms. The van der Waals surface area contributed by atoms with E-state index in [0.29, 0.717) is 6.54 Å². The largest absolute Gasteiger partial charge is 0.329 e. The number of pyridine rings is 1. The molecule has 2 atom stereocenters. The Hall–Kier alpha value is -1.37. The van der Waals surface area contributed by atoms with Crippen molar-refractivity contribution in [2.45, 2.75) is 31.8 Å². The van der Waals surface area contributed by atoms with Gasteiger partial charge in [-0.05, 0) is 18.1 Å². The molecular formula is C13H19N3. The van der Waals surface area contributed by atoms with E-state index < -0.39 is 0 Å². The maximum absolute atomic E-state index is 5.75. The highest BCUT2D eigenvalue weighted by Gasteiger charge is 2.13. The summed E-state index contributed by atoms with van der Waals surface area (Å²) in [5.41, 5.74) is 6.83. The van der Waals surface area contributed by atoms with Crippen LogP contribution in [-0.2, 0) is 0 Å². The van der Waals surface area contributed by atoms with E-state index in [1.807, 2.05) is 18.3 Å². The molecule has 3 nitrogen and oxygen atoms in total. The normalized spacial score (nSPS) is 14.1. The second-order valence-corrected chi connectivity index (χ2v) is 3.75. The quantitative estimate of drug-likeness (QED) is 0.709. The van der Waals surface area contributed by atoms with Crippen LogP contribution in [0.2, 0.25) is 0 Å². The van der Waals surface area contributed by atoms with Crippen LogP contribution in [-0.4, -0.2) is 17.6 Å². The monoisotopic (exact) mass is 217 g/mol. The minimum absolute atomic E-state index is 0.0822. The molecule has 2 unspecified atom stereocenters. The molecule has 86 valence electrons. The molecule has 0 saturated carbocycles. The van der Waals surface area contributed by atoms with Crippen molar-refractivity contribution in [2.24, 2.45) is 5.73 Å². The van der Waals surface area contributed by atoms with Gasteiger partial charge in [0.2, 0.25) is 0 Å². The van der Waals surface area contributed by atoms with Crippen molar-refractivity contribution in [3.05, 3.63) is 30.1 Å². The summed E-state index contributed by atoms with van der Waals surface area (Å²) in [6, 6.07) is 4.08. The van der Waals surface area contributed by atoms with Gasteiger partial charge in [-0.2, -0.15) is 0 Å². The molecule has 0 radical (unpaired) electrons. The zero-order valence-corrected chi connectivity index (χ0v) is 9.69. The molecule has 0 saturated heterocycles. The molecule has 1 rings (SSSR count). The van der Waals surface area contributed by atoms with E-state index in [2.05, 4.69) is 23.1 Å². The summed E-state index contributed by atoms with van der Waals surface area (Å²) in [6.07, 6.45) is 11.1. The molecule has 0 fully saturated rings. The number of terminal acetylenes is 1. The van der Waals surface area contributed by atoms with Crippen LogP contribution >= 0.6 is 0 Å². The summed E-state index contributed by atoms with van der Waals surface area (Å²) < 4.78 is 0. The molecule has 0 aliphatic heterocycles. The molecule has 1 aromatic rings. The first-order valence-corrected chi connectivity index (χ1v) is 5.64. The molecule has 0 aromatic carbocycles. The highest BCUT2D eigenvalue weighted by molar-refractivity contribution is 5.15. The number of nitrogens with one attached hydrogen (secondary N) is 1. The van der Waals surface area contributed by atoms with Crippen LogP contribution < -0.4 is 11.1 Å². The summed E-state index contributed by atoms with van der Waals surface area (Å²) in [5, 5.41) is 3.37. The predicted molar refractivity (Wildman–Crippen MR) is 66.7 cm³/mol. The van der Waals surface area contributed by atoms with Crippen LogP contribution in [0.5, 0.6) is 0 Å². The maximum atomic E-state index is 5.75. The van der Waals surface area contributed by atoms with E-state index in [-0.39, 0.29) is 12.1 Å². The van der Waals surface area contributed by atoms with Gasteiger partial charge in [0.05, 0.1) is 6.04 Å². The van der Waals surface area contributed by atoms with Gasteiger partial charge < -0.3 is 5.73 Å². The Bertz CT molecular complexity index is 329. The van der Waals surface area contributed by atoms with Crippen molar-refractivity contribution < 1.29 is 0 Å². The lowest BCUT2D eigenvalue weighted by molar-refractivity contribution is 0.474. The van der Waals surface area contributed by atoms with E-state index in [1.54, 1.807) is 6.20 Å². The van der Waals surface area contributed by atoms with Crippen molar-refractivity contribution in [3.8, 4) is 12.3 Å². The van der Waals surface area contributed by atoms with Crippen LogP contribution in [0.3, 0.4) is 0 Å². The van der Waals surface area contributed by atoms with E-state index in [9.17, 15) is 0 Å². The van der Waals surface area contributed by atoms with Crippen LogP contribution in [0.15, 0.2) is 24.5 Å². The third kappa shape index (κ3) is 3.65. The van der Waals surface area contributed by atoms with Gasteiger partial charge in [0, 0.05) is 25.0 Å². The first-order chi connectivity index (χ1) is 7.81. The van der Waals surface area contributed by atoms with Crippen molar-refractivity contribution in [2.75, 3.05) is 6.54 Å². The number of nitrogens with zero attached hydrogens (tertiary/aromatic N) is 1. The van der Waals surface area contributed by atoms with Crippen molar-refractivity contribution in [1.29, 1.82) is 0 Å². The standard InChI is InChI=1S/C13H19N3/c1-3-6-12(4-2)16-13(9-14)11-7-5-8-15-10-11/h2,5,7-8,10,12-13,16H,3,6,9,14H2,1H3. The van der Waals surface area contributed by atoms with Gasteiger partial charge in [-0.15, -0.1) is 6.42 Å². The number of nitrogens with two attached hydrogens (primary N) is 1. The Morgan fingerprint density at radius 3 is 2.94 bits per heavy atom. The van der Waals surface area contributed by atoms with Crippen LogP contribution in [0.4, 0.5) is 0 Å². The first-order valence-electron chi connectivity index (χ1n) is 5.64. The van der Waals surface area contributed by atoms with Gasteiger partial charge in [-0.1, -0.05) is 25.3 Å². The highest BCUT2D eigenvalue weighted by Crippen LogP contribution is 2.11. The molecule has 3 N–H and O–H groups in total. The van der Waals surface area contributed by atoms with E-state index in [4.69, 9.17) is 12.2 Å². The summed E-state index contributed by atoms with van der Waals surface area (Å²) in [6.45, 7) is 2.64. The highest BCUT2D eigenvalue weighted by atomic mass is 15.0. The third-order valence-corrected chi connectivity index (χ3v) is 2.50. The lowest BCUT2D eigenvalue weighted by atomic mass is 10.1. The molecule has 0 bridgehead atoms. The van der Waals surface area contributed by atoms with Gasteiger partial charge in [0.25, 0.3) is 0 Å². The fourth-order valence-corrected chi connectivity index (χ4v) is 1.63. The molecule has 0 aliphatic carbocycles. The topological polar surface area (TPSA) is 50.9 Å². The van der Waals surface area contributed by atoms with Crippen LogP contribution in [0.25, 0.3) is 0 Å². The van der Waals surface area contributed by atoms with Crippen molar-refractivity contribution in [1.82, 2.24) is 10.3 Å². The summed E-state index contributed by atoms with van der Waals surface area (Å²) in [5.74, 6) is 2.75. The number of aromatic nitrogens is 1.